The number of halogens is 1. The molecule has 0 atom stereocenters. The minimum absolute atomic E-state index is 0.0237. The Morgan fingerprint density at radius 3 is 2.57 bits per heavy atom. The van der Waals surface area contributed by atoms with Crippen molar-refractivity contribution in [1.29, 1.82) is 0 Å². The first kappa shape index (κ1) is 13.4. The van der Waals surface area contributed by atoms with Crippen molar-refractivity contribution in [3.8, 4) is 22.5 Å². The lowest BCUT2D eigenvalue weighted by molar-refractivity contribution is 0.618. The maximum Gasteiger partial charge on any atom is 0.220 e. The summed E-state index contributed by atoms with van der Waals surface area (Å²) < 4.78 is 15.9. The number of imidazole rings is 1. The highest BCUT2D eigenvalue weighted by Gasteiger charge is 2.14. The maximum atomic E-state index is 14.1. The largest absolute Gasteiger partial charge is 0.368 e. The molecule has 0 amide bonds. The van der Waals surface area contributed by atoms with Crippen LogP contribution < -0.4 is 5.73 Å². The number of fused-ring (bicyclic) bond motifs is 1. The van der Waals surface area contributed by atoms with E-state index in [-0.39, 0.29) is 11.6 Å². The molecular weight excluding hydrogens is 293 g/mol. The molecule has 0 aliphatic carbocycles. The average Bonchev–Trinajstić information content (AvgIpc) is 3.01. The number of hydrogen-bond donors (Lipinski definition) is 1. The summed E-state index contributed by atoms with van der Waals surface area (Å²) in [7, 11) is 0. The normalized spacial score (nSPS) is 11.0. The summed E-state index contributed by atoms with van der Waals surface area (Å²) in [6, 6.07) is 13.8. The third-order valence-corrected chi connectivity index (χ3v) is 3.62. The average molecular weight is 305 g/mol. The molecule has 3 aromatic heterocycles. The zero-order valence-corrected chi connectivity index (χ0v) is 12.0. The van der Waals surface area contributed by atoms with Gasteiger partial charge in [0.25, 0.3) is 0 Å². The Kier molecular flexibility index (Phi) is 3.01. The topological polar surface area (TPSA) is 69.1 Å². The van der Waals surface area contributed by atoms with Gasteiger partial charge in [0, 0.05) is 6.20 Å². The first-order valence-electron chi connectivity index (χ1n) is 7.03. The quantitative estimate of drug-likeness (QED) is 0.617. The van der Waals surface area contributed by atoms with Crippen LogP contribution in [0.5, 0.6) is 0 Å². The van der Waals surface area contributed by atoms with E-state index in [1.54, 1.807) is 10.6 Å². The lowest BCUT2D eigenvalue weighted by atomic mass is 10.1. The zero-order chi connectivity index (χ0) is 15.8. The highest BCUT2D eigenvalue weighted by atomic mass is 19.1. The van der Waals surface area contributed by atoms with Crippen LogP contribution in [0.4, 0.5) is 10.3 Å². The highest BCUT2D eigenvalue weighted by molar-refractivity contribution is 5.68. The van der Waals surface area contributed by atoms with Gasteiger partial charge in [0.1, 0.15) is 11.3 Å². The Bertz CT molecular complexity index is 994. The van der Waals surface area contributed by atoms with Crippen LogP contribution in [0.1, 0.15) is 0 Å². The lowest BCUT2D eigenvalue weighted by Crippen LogP contribution is -2.00. The van der Waals surface area contributed by atoms with Gasteiger partial charge in [0.15, 0.2) is 5.82 Å². The third kappa shape index (κ3) is 2.30. The van der Waals surface area contributed by atoms with Crippen molar-refractivity contribution >= 4 is 11.6 Å². The van der Waals surface area contributed by atoms with Gasteiger partial charge < -0.3 is 5.73 Å². The fourth-order valence-electron chi connectivity index (χ4n) is 2.52. The molecule has 0 spiro atoms. The SMILES string of the molecule is Nc1ncc(F)c(-c2cnc3ccc(-c4ccccc4)cn23)n1. The number of nitrogens with zero attached hydrogens (tertiary/aromatic N) is 4. The first-order chi connectivity index (χ1) is 11.2. The van der Waals surface area contributed by atoms with E-state index in [9.17, 15) is 4.39 Å². The summed E-state index contributed by atoms with van der Waals surface area (Å²) in [5.74, 6) is -0.512. The van der Waals surface area contributed by atoms with Gasteiger partial charge >= 0.3 is 0 Å². The van der Waals surface area contributed by atoms with Gasteiger partial charge in [-0.25, -0.2) is 19.3 Å². The smallest absolute Gasteiger partial charge is 0.220 e. The van der Waals surface area contributed by atoms with E-state index in [1.807, 2.05) is 48.7 Å². The molecule has 0 unspecified atom stereocenters. The van der Waals surface area contributed by atoms with E-state index < -0.39 is 5.82 Å². The molecule has 0 fully saturated rings. The molecule has 4 aromatic rings. The molecule has 4 rings (SSSR count). The fourth-order valence-corrected chi connectivity index (χ4v) is 2.52. The fraction of sp³-hybridized carbons (Fsp3) is 0. The van der Waals surface area contributed by atoms with Crippen LogP contribution in [-0.4, -0.2) is 19.4 Å². The molecule has 23 heavy (non-hydrogen) atoms. The Balaban J connectivity index is 1.93. The minimum atomic E-state index is -0.536. The van der Waals surface area contributed by atoms with Crippen molar-refractivity contribution in [2.75, 3.05) is 5.73 Å². The van der Waals surface area contributed by atoms with Crippen molar-refractivity contribution in [3.63, 3.8) is 0 Å². The van der Waals surface area contributed by atoms with Gasteiger partial charge in [-0.2, -0.15) is 0 Å². The van der Waals surface area contributed by atoms with Gasteiger partial charge in [0.05, 0.1) is 18.1 Å². The number of rotatable bonds is 2. The third-order valence-electron chi connectivity index (χ3n) is 3.62. The molecule has 0 radical (unpaired) electrons. The molecule has 6 heteroatoms. The molecule has 0 aliphatic heterocycles. The van der Waals surface area contributed by atoms with Crippen molar-refractivity contribution in [1.82, 2.24) is 19.4 Å². The number of hydrogen-bond acceptors (Lipinski definition) is 4. The highest BCUT2D eigenvalue weighted by Crippen LogP contribution is 2.25. The zero-order valence-electron chi connectivity index (χ0n) is 12.0. The molecular formula is C17H12FN5. The van der Waals surface area contributed by atoms with Crippen LogP contribution in [0.3, 0.4) is 0 Å². The van der Waals surface area contributed by atoms with Gasteiger partial charge in [-0.3, -0.25) is 4.40 Å². The Morgan fingerprint density at radius 1 is 0.913 bits per heavy atom. The second-order valence-corrected chi connectivity index (χ2v) is 5.08. The van der Waals surface area contributed by atoms with Crippen LogP contribution in [0, 0.1) is 5.82 Å². The summed E-state index contributed by atoms with van der Waals surface area (Å²) in [4.78, 5) is 12.0. The van der Waals surface area contributed by atoms with E-state index in [1.165, 1.54) is 0 Å². The van der Waals surface area contributed by atoms with Gasteiger partial charge in [-0.1, -0.05) is 30.3 Å². The second kappa shape index (κ2) is 5.17. The maximum absolute atomic E-state index is 14.1. The van der Waals surface area contributed by atoms with Gasteiger partial charge in [0.2, 0.25) is 5.95 Å². The number of nitrogens with two attached hydrogens (primary N) is 1. The first-order valence-corrected chi connectivity index (χ1v) is 7.03. The Labute approximate surface area is 131 Å². The second-order valence-electron chi connectivity index (χ2n) is 5.08. The van der Waals surface area contributed by atoms with E-state index in [0.29, 0.717) is 11.3 Å². The number of anilines is 1. The summed E-state index contributed by atoms with van der Waals surface area (Å²) >= 11 is 0. The van der Waals surface area contributed by atoms with Crippen LogP contribution in [0.15, 0.2) is 61.1 Å². The standard InChI is InChI=1S/C17H12FN5/c18-13-8-21-17(19)22-16(13)14-9-20-15-7-6-12(10-23(14)15)11-4-2-1-3-5-11/h1-10H,(H2,19,21,22). The van der Waals surface area contributed by atoms with Crippen LogP contribution in [-0.2, 0) is 0 Å². The van der Waals surface area contributed by atoms with Gasteiger partial charge in [-0.05, 0) is 23.3 Å². The molecule has 0 aliphatic rings. The molecule has 0 saturated carbocycles. The molecule has 2 N–H and O–H groups in total. The van der Waals surface area contributed by atoms with E-state index in [2.05, 4.69) is 15.0 Å². The Hall–Kier alpha value is -3.28. The molecule has 0 saturated heterocycles. The molecule has 0 bridgehead atoms. The van der Waals surface area contributed by atoms with Crippen molar-refractivity contribution in [2.45, 2.75) is 0 Å². The van der Waals surface area contributed by atoms with E-state index in [4.69, 9.17) is 5.73 Å². The molecule has 3 heterocycles. The summed E-state index contributed by atoms with van der Waals surface area (Å²) in [5, 5.41) is 0. The number of nitrogen functional groups attached to an aromatic ring is 1. The van der Waals surface area contributed by atoms with Crippen molar-refractivity contribution < 1.29 is 4.39 Å². The van der Waals surface area contributed by atoms with Crippen LogP contribution >= 0.6 is 0 Å². The summed E-state index contributed by atoms with van der Waals surface area (Å²) in [6.07, 6.45) is 4.55. The van der Waals surface area contributed by atoms with Gasteiger partial charge in [-0.15, -0.1) is 0 Å². The van der Waals surface area contributed by atoms with Crippen LogP contribution in [0.25, 0.3) is 28.2 Å². The predicted octanol–water partition coefficient (Wildman–Crippen LogP) is 3.18. The number of aromatic nitrogens is 4. The lowest BCUT2D eigenvalue weighted by Gasteiger charge is -2.06. The van der Waals surface area contributed by atoms with Crippen molar-refractivity contribution in [3.05, 3.63) is 66.9 Å². The van der Waals surface area contributed by atoms with E-state index >= 15 is 0 Å². The minimum Gasteiger partial charge on any atom is -0.368 e. The molecule has 5 nitrogen and oxygen atoms in total. The molecule has 1 aromatic carbocycles. The van der Waals surface area contributed by atoms with Crippen LogP contribution in [0.2, 0.25) is 0 Å². The van der Waals surface area contributed by atoms with E-state index in [0.717, 1.165) is 17.3 Å². The number of benzene rings is 1. The monoisotopic (exact) mass is 305 g/mol. The Morgan fingerprint density at radius 2 is 1.74 bits per heavy atom. The number of pyridine rings is 1. The predicted molar refractivity (Wildman–Crippen MR) is 86.0 cm³/mol. The summed E-state index contributed by atoms with van der Waals surface area (Å²) in [5.41, 5.74) is 9.02. The van der Waals surface area contributed by atoms with Crippen molar-refractivity contribution in [2.24, 2.45) is 0 Å². The summed E-state index contributed by atoms with van der Waals surface area (Å²) in [6.45, 7) is 0. The molecule has 112 valence electrons.